The number of ether oxygens (including phenoxy) is 1. The van der Waals surface area contributed by atoms with Gasteiger partial charge in [-0.25, -0.2) is 9.59 Å². The quantitative estimate of drug-likeness (QED) is 0.498. The van der Waals surface area contributed by atoms with Crippen LogP contribution in [0.3, 0.4) is 0 Å². The summed E-state index contributed by atoms with van der Waals surface area (Å²) in [5.74, 6) is -1.57. The molecule has 2 atom stereocenters. The second-order valence-electron chi connectivity index (χ2n) is 8.84. The molecule has 176 valence electrons. The summed E-state index contributed by atoms with van der Waals surface area (Å²) in [4.78, 5) is 36.8. The Hall–Kier alpha value is -3.35. The van der Waals surface area contributed by atoms with Crippen molar-refractivity contribution >= 4 is 18.0 Å². The van der Waals surface area contributed by atoms with Gasteiger partial charge < -0.3 is 20.5 Å². The molecule has 0 bridgehead atoms. The molecular weight excluding hydrogens is 420 g/mol. The van der Waals surface area contributed by atoms with Gasteiger partial charge in [-0.15, -0.1) is 0 Å². The number of amides is 2. The monoisotopic (exact) mass is 452 g/mol. The van der Waals surface area contributed by atoms with E-state index in [-0.39, 0.29) is 18.4 Å². The number of carboxylic acids is 1. The van der Waals surface area contributed by atoms with Gasteiger partial charge in [-0.1, -0.05) is 75.7 Å². The highest BCUT2D eigenvalue weighted by Gasteiger charge is 2.30. The molecule has 7 nitrogen and oxygen atoms in total. The first-order valence-electron chi connectivity index (χ1n) is 11.5. The fourth-order valence-electron chi connectivity index (χ4n) is 4.30. The Kier molecular flexibility index (Phi) is 8.09. The Bertz CT molecular complexity index is 958. The first-order chi connectivity index (χ1) is 15.8. The van der Waals surface area contributed by atoms with Crippen molar-refractivity contribution in [2.75, 3.05) is 6.61 Å². The van der Waals surface area contributed by atoms with E-state index in [9.17, 15) is 19.5 Å². The predicted octanol–water partition coefficient (Wildman–Crippen LogP) is 4.31. The third-order valence-corrected chi connectivity index (χ3v) is 5.85. The lowest BCUT2D eigenvalue weighted by atomic mass is 9.98. The summed E-state index contributed by atoms with van der Waals surface area (Å²) in [6.45, 7) is 5.85. The third-order valence-electron chi connectivity index (χ3n) is 5.85. The smallest absolute Gasteiger partial charge is 0.407 e. The van der Waals surface area contributed by atoms with E-state index in [2.05, 4.69) is 22.8 Å². The highest BCUT2D eigenvalue weighted by molar-refractivity contribution is 5.89. The number of benzene rings is 2. The Balaban J connectivity index is 1.66. The average molecular weight is 453 g/mol. The van der Waals surface area contributed by atoms with Crippen LogP contribution in [0.5, 0.6) is 0 Å². The zero-order chi connectivity index (χ0) is 24.0. The molecule has 0 fully saturated rings. The van der Waals surface area contributed by atoms with Crippen LogP contribution in [0.15, 0.2) is 48.5 Å². The molecule has 2 aromatic rings. The highest BCUT2D eigenvalue weighted by Crippen LogP contribution is 2.44. The van der Waals surface area contributed by atoms with Crippen LogP contribution in [0.2, 0.25) is 0 Å². The molecule has 33 heavy (non-hydrogen) atoms. The van der Waals surface area contributed by atoms with Gasteiger partial charge in [0, 0.05) is 5.92 Å². The van der Waals surface area contributed by atoms with E-state index in [1.807, 2.05) is 57.2 Å². The summed E-state index contributed by atoms with van der Waals surface area (Å²) in [5.41, 5.74) is 4.48. The topological polar surface area (TPSA) is 105 Å². The number of nitrogens with one attached hydrogen (secondary N) is 2. The Labute approximate surface area is 194 Å². The minimum absolute atomic E-state index is 0.0820. The van der Waals surface area contributed by atoms with E-state index in [0.717, 1.165) is 22.3 Å². The number of hydrogen-bond acceptors (Lipinski definition) is 4. The summed E-state index contributed by atoms with van der Waals surface area (Å²) in [6, 6.07) is 14.3. The summed E-state index contributed by atoms with van der Waals surface area (Å²) in [5, 5.41) is 14.5. The zero-order valence-corrected chi connectivity index (χ0v) is 19.3. The molecule has 1 unspecified atom stereocenters. The molecule has 2 amide bonds. The van der Waals surface area contributed by atoms with Crippen LogP contribution in [-0.2, 0) is 14.3 Å². The maximum Gasteiger partial charge on any atom is 0.407 e. The minimum atomic E-state index is -1.09. The lowest BCUT2D eigenvalue weighted by Gasteiger charge is -2.23. The van der Waals surface area contributed by atoms with E-state index in [4.69, 9.17) is 4.74 Å². The van der Waals surface area contributed by atoms with Crippen molar-refractivity contribution in [3.63, 3.8) is 0 Å². The molecule has 3 N–H and O–H groups in total. The molecule has 0 saturated heterocycles. The number of fused-ring (bicyclic) bond motifs is 3. The van der Waals surface area contributed by atoms with Gasteiger partial charge in [-0.05, 0) is 41.0 Å². The fraction of sp³-hybridized carbons (Fsp3) is 0.423. The fourth-order valence-corrected chi connectivity index (χ4v) is 4.30. The number of alkyl carbamates (subject to hydrolysis) is 1. The van der Waals surface area contributed by atoms with E-state index < -0.39 is 30.1 Å². The van der Waals surface area contributed by atoms with Gasteiger partial charge in [-0.3, -0.25) is 4.79 Å². The van der Waals surface area contributed by atoms with Crippen LogP contribution >= 0.6 is 0 Å². The molecule has 1 aliphatic rings. The lowest BCUT2D eigenvalue weighted by molar-refractivity contribution is -0.142. The van der Waals surface area contributed by atoms with Crippen molar-refractivity contribution in [3.05, 3.63) is 59.7 Å². The first kappa shape index (κ1) is 24.3. The largest absolute Gasteiger partial charge is 0.480 e. The SMILES string of the molecule is CCC[C@H](NC(=O)C(CC(C)C)NC(=O)OCC1c2ccccc2-c2ccccc21)C(=O)O. The van der Waals surface area contributed by atoms with Crippen LogP contribution < -0.4 is 10.6 Å². The predicted molar refractivity (Wildman–Crippen MR) is 126 cm³/mol. The number of hydrogen-bond donors (Lipinski definition) is 3. The molecule has 0 heterocycles. The molecule has 1 aliphatic carbocycles. The molecule has 0 radical (unpaired) electrons. The van der Waals surface area contributed by atoms with Crippen molar-refractivity contribution in [3.8, 4) is 11.1 Å². The van der Waals surface area contributed by atoms with Crippen LogP contribution in [0.25, 0.3) is 11.1 Å². The standard InChI is InChI=1S/C26H32N2O5/c1-4-9-22(25(30)31)27-24(29)23(14-16(2)3)28-26(32)33-15-21-19-12-7-5-10-17(19)18-11-6-8-13-20(18)21/h5-8,10-13,16,21-23H,4,9,14-15H2,1-3H3,(H,27,29)(H,28,32)(H,30,31)/t22-,23?/m0/s1. The summed E-state index contributed by atoms with van der Waals surface area (Å²) < 4.78 is 5.56. The number of rotatable bonds is 10. The summed E-state index contributed by atoms with van der Waals surface area (Å²) in [6.07, 6.45) is 0.612. The van der Waals surface area contributed by atoms with E-state index in [1.165, 1.54) is 0 Å². The van der Waals surface area contributed by atoms with Gasteiger partial charge in [0.05, 0.1) is 0 Å². The molecule has 0 aliphatic heterocycles. The summed E-state index contributed by atoms with van der Waals surface area (Å²) in [7, 11) is 0. The van der Waals surface area contributed by atoms with Gasteiger partial charge in [0.25, 0.3) is 0 Å². The van der Waals surface area contributed by atoms with Crippen molar-refractivity contribution in [2.45, 2.75) is 58.0 Å². The third kappa shape index (κ3) is 5.92. The Morgan fingerprint density at radius 1 is 0.939 bits per heavy atom. The maximum absolute atomic E-state index is 12.7. The lowest BCUT2D eigenvalue weighted by Crippen LogP contribution is -2.52. The molecule has 0 spiro atoms. The van der Waals surface area contributed by atoms with Crippen LogP contribution in [0.1, 0.15) is 57.1 Å². The Morgan fingerprint density at radius 2 is 1.52 bits per heavy atom. The second kappa shape index (κ2) is 11.0. The van der Waals surface area contributed by atoms with E-state index in [0.29, 0.717) is 19.3 Å². The first-order valence-corrected chi connectivity index (χ1v) is 11.5. The highest BCUT2D eigenvalue weighted by atomic mass is 16.5. The molecule has 0 aromatic heterocycles. The molecule has 0 saturated carbocycles. The van der Waals surface area contributed by atoms with Crippen molar-refractivity contribution in [2.24, 2.45) is 5.92 Å². The molecular formula is C26H32N2O5. The number of carbonyl (C=O) groups excluding carboxylic acids is 2. The van der Waals surface area contributed by atoms with Crippen molar-refractivity contribution in [1.29, 1.82) is 0 Å². The minimum Gasteiger partial charge on any atom is -0.480 e. The van der Waals surface area contributed by atoms with Crippen molar-refractivity contribution in [1.82, 2.24) is 10.6 Å². The molecule has 3 rings (SSSR count). The average Bonchev–Trinajstić information content (AvgIpc) is 3.10. The van der Waals surface area contributed by atoms with Gasteiger partial charge in [0.2, 0.25) is 5.91 Å². The number of carboxylic acid groups (broad SMARTS) is 1. The maximum atomic E-state index is 12.7. The second-order valence-corrected chi connectivity index (χ2v) is 8.84. The van der Waals surface area contributed by atoms with Gasteiger partial charge in [-0.2, -0.15) is 0 Å². The molecule has 2 aromatic carbocycles. The van der Waals surface area contributed by atoms with Crippen molar-refractivity contribution < 1.29 is 24.2 Å². The summed E-state index contributed by atoms with van der Waals surface area (Å²) >= 11 is 0. The number of aliphatic carboxylic acids is 1. The van der Waals surface area contributed by atoms with Gasteiger partial charge >= 0.3 is 12.1 Å². The Morgan fingerprint density at radius 3 is 2.03 bits per heavy atom. The van der Waals surface area contributed by atoms with E-state index in [1.54, 1.807) is 0 Å². The molecule has 7 heteroatoms. The van der Waals surface area contributed by atoms with Crippen LogP contribution in [0.4, 0.5) is 4.79 Å². The number of carbonyl (C=O) groups is 3. The zero-order valence-electron chi connectivity index (χ0n) is 19.3. The van der Waals surface area contributed by atoms with Crippen LogP contribution in [-0.4, -0.2) is 41.8 Å². The van der Waals surface area contributed by atoms with Crippen LogP contribution in [0, 0.1) is 5.92 Å². The normalized spacial score (nSPS) is 14.2. The van der Waals surface area contributed by atoms with E-state index >= 15 is 0 Å². The van der Waals surface area contributed by atoms with Gasteiger partial charge in [0.15, 0.2) is 0 Å². The van der Waals surface area contributed by atoms with Gasteiger partial charge in [0.1, 0.15) is 18.7 Å².